The van der Waals surface area contributed by atoms with Crippen LogP contribution in [0.25, 0.3) is 0 Å². The zero-order valence-corrected chi connectivity index (χ0v) is 19.1. The van der Waals surface area contributed by atoms with Crippen LogP contribution in [-0.4, -0.2) is 47.6 Å². The molecule has 1 saturated heterocycles. The molecule has 2 atom stereocenters. The minimum absolute atomic E-state index is 0.00687. The minimum atomic E-state index is -0.810. The summed E-state index contributed by atoms with van der Waals surface area (Å²) in [4.78, 5) is 39.6. The molecular weight excluding hydrogens is 408 g/mol. The van der Waals surface area contributed by atoms with Crippen molar-refractivity contribution in [1.29, 1.82) is 0 Å². The second-order valence-corrected chi connectivity index (χ2v) is 8.61. The molecule has 1 aliphatic rings. The molecule has 2 amide bonds. The van der Waals surface area contributed by atoms with E-state index in [0.29, 0.717) is 17.5 Å². The van der Waals surface area contributed by atoms with Crippen molar-refractivity contribution in [1.82, 2.24) is 10.2 Å². The van der Waals surface area contributed by atoms with Crippen LogP contribution in [0.3, 0.4) is 0 Å². The lowest BCUT2D eigenvalue weighted by Gasteiger charge is -2.32. The van der Waals surface area contributed by atoms with Gasteiger partial charge < -0.3 is 19.7 Å². The Balaban J connectivity index is 1.73. The van der Waals surface area contributed by atoms with Crippen LogP contribution in [-0.2, 0) is 25.5 Å². The van der Waals surface area contributed by atoms with Gasteiger partial charge >= 0.3 is 5.97 Å². The average molecular weight is 439 g/mol. The Morgan fingerprint density at radius 2 is 1.72 bits per heavy atom. The number of hydrogen-bond donors (Lipinski definition) is 1. The molecule has 0 bridgehead atoms. The van der Waals surface area contributed by atoms with Crippen molar-refractivity contribution in [2.45, 2.75) is 58.0 Å². The molecule has 1 N–H and O–H groups in total. The Hall–Kier alpha value is -3.19. The summed E-state index contributed by atoms with van der Waals surface area (Å²) in [5, 5.41) is 2.75. The second kappa shape index (κ2) is 9.53. The summed E-state index contributed by atoms with van der Waals surface area (Å²) in [6, 6.07) is 15.3. The van der Waals surface area contributed by atoms with Crippen LogP contribution in [0, 0.1) is 0 Å². The number of carbonyl (C=O) groups excluding carboxylic acids is 3. The summed E-state index contributed by atoms with van der Waals surface area (Å²) in [5.74, 6) is -1.01. The fourth-order valence-corrected chi connectivity index (χ4v) is 4.11. The van der Waals surface area contributed by atoms with E-state index in [4.69, 9.17) is 9.47 Å². The SMILES string of the molecule is COC(=O)[C@H](Cc1ccccc1)NC(=O)c1ccc([C@@H]2OC(C)(C)N(C(C)C)C2=O)cc1. The molecular formula is C25H30N2O5. The monoisotopic (exact) mass is 438 g/mol. The number of amides is 2. The molecule has 7 heteroatoms. The molecule has 3 rings (SSSR count). The highest BCUT2D eigenvalue weighted by atomic mass is 16.6. The first kappa shape index (κ1) is 23.5. The number of rotatable bonds is 7. The standard InChI is InChI=1S/C25H30N2O5/c1-16(2)27-23(29)21(32-25(27,3)4)18-11-13-19(14-12-18)22(28)26-20(24(30)31-5)15-17-9-7-6-8-10-17/h6-14,16,20-21H,15H2,1-5H3,(H,26,28)/t20-,21-/m0/s1. The number of nitrogens with one attached hydrogen (secondary N) is 1. The lowest BCUT2D eigenvalue weighted by atomic mass is 10.0. The molecule has 0 spiro atoms. The van der Waals surface area contributed by atoms with Gasteiger partial charge in [-0.3, -0.25) is 9.59 Å². The number of ether oxygens (including phenoxy) is 2. The topological polar surface area (TPSA) is 84.9 Å². The molecule has 1 heterocycles. The summed E-state index contributed by atoms with van der Waals surface area (Å²) in [7, 11) is 1.29. The van der Waals surface area contributed by atoms with Gasteiger partial charge in [-0.25, -0.2) is 4.79 Å². The van der Waals surface area contributed by atoms with Crippen LogP contribution in [0.5, 0.6) is 0 Å². The first-order chi connectivity index (χ1) is 15.1. The predicted molar refractivity (Wildman–Crippen MR) is 120 cm³/mol. The van der Waals surface area contributed by atoms with Gasteiger partial charge in [-0.15, -0.1) is 0 Å². The number of carbonyl (C=O) groups is 3. The van der Waals surface area contributed by atoms with Crippen molar-refractivity contribution in [2.75, 3.05) is 7.11 Å². The molecule has 0 saturated carbocycles. The van der Waals surface area contributed by atoms with Crippen LogP contribution >= 0.6 is 0 Å². The summed E-state index contributed by atoms with van der Waals surface area (Å²) < 4.78 is 10.9. The Morgan fingerprint density at radius 1 is 1.09 bits per heavy atom. The van der Waals surface area contributed by atoms with Crippen molar-refractivity contribution >= 4 is 17.8 Å². The van der Waals surface area contributed by atoms with Gasteiger partial charge in [-0.05, 0) is 51.0 Å². The number of methoxy groups -OCH3 is 1. The van der Waals surface area contributed by atoms with E-state index in [0.717, 1.165) is 5.56 Å². The second-order valence-electron chi connectivity index (χ2n) is 8.61. The molecule has 0 unspecified atom stereocenters. The van der Waals surface area contributed by atoms with E-state index in [1.807, 2.05) is 58.0 Å². The van der Waals surface area contributed by atoms with E-state index in [1.54, 1.807) is 29.2 Å². The lowest BCUT2D eigenvalue weighted by Crippen LogP contribution is -2.46. The van der Waals surface area contributed by atoms with Crippen molar-refractivity contribution in [3.8, 4) is 0 Å². The number of nitrogens with zero attached hydrogens (tertiary/aromatic N) is 1. The van der Waals surface area contributed by atoms with Gasteiger partial charge in [0.2, 0.25) is 0 Å². The van der Waals surface area contributed by atoms with Gasteiger partial charge in [0.15, 0.2) is 6.10 Å². The molecule has 170 valence electrons. The Morgan fingerprint density at radius 3 is 2.25 bits per heavy atom. The Kier molecular flexibility index (Phi) is 6.99. The third-order valence-electron chi connectivity index (χ3n) is 5.51. The fourth-order valence-electron chi connectivity index (χ4n) is 4.11. The van der Waals surface area contributed by atoms with E-state index in [9.17, 15) is 14.4 Å². The quantitative estimate of drug-likeness (QED) is 0.671. The average Bonchev–Trinajstić information content (AvgIpc) is 3.02. The smallest absolute Gasteiger partial charge is 0.328 e. The van der Waals surface area contributed by atoms with E-state index in [1.165, 1.54) is 7.11 Å². The van der Waals surface area contributed by atoms with Gasteiger partial charge in [-0.2, -0.15) is 0 Å². The van der Waals surface area contributed by atoms with Crippen molar-refractivity contribution in [3.63, 3.8) is 0 Å². The van der Waals surface area contributed by atoms with Gasteiger partial charge in [0.05, 0.1) is 7.11 Å². The first-order valence-corrected chi connectivity index (χ1v) is 10.7. The van der Waals surface area contributed by atoms with Crippen LogP contribution in [0.4, 0.5) is 0 Å². The zero-order chi connectivity index (χ0) is 23.5. The largest absolute Gasteiger partial charge is 0.467 e. The molecule has 2 aromatic carbocycles. The van der Waals surface area contributed by atoms with Crippen LogP contribution in [0.15, 0.2) is 54.6 Å². The molecule has 7 nitrogen and oxygen atoms in total. The third kappa shape index (κ3) is 4.99. The Labute approximate surface area is 188 Å². The highest BCUT2D eigenvalue weighted by molar-refractivity contribution is 5.97. The van der Waals surface area contributed by atoms with Crippen LogP contribution in [0.1, 0.15) is 55.3 Å². The van der Waals surface area contributed by atoms with E-state index in [-0.39, 0.29) is 11.9 Å². The van der Waals surface area contributed by atoms with Crippen molar-refractivity contribution in [2.24, 2.45) is 0 Å². The summed E-state index contributed by atoms with van der Waals surface area (Å²) in [5.41, 5.74) is 1.25. The van der Waals surface area contributed by atoms with Gasteiger partial charge in [-0.1, -0.05) is 42.5 Å². The minimum Gasteiger partial charge on any atom is -0.467 e. The highest BCUT2D eigenvalue weighted by Crippen LogP contribution is 2.38. The Bertz CT molecular complexity index is 970. The van der Waals surface area contributed by atoms with Crippen molar-refractivity contribution < 1.29 is 23.9 Å². The maximum absolute atomic E-state index is 12.9. The molecule has 0 aromatic heterocycles. The zero-order valence-electron chi connectivity index (χ0n) is 19.1. The molecule has 1 aliphatic heterocycles. The molecule has 32 heavy (non-hydrogen) atoms. The number of hydrogen-bond acceptors (Lipinski definition) is 5. The number of benzene rings is 2. The van der Waals surface area contributed by atoms with Crippen LogP contribution < -0.4 is 5.32 Å². The van der Waals surface area contributed by atoms with Gasteiger partial charge in [0.1, 0.15) is 11.8 Å². The highest BCUT2D eigenvalue weighted by Gasteiger charge is 2.47. The summed E-state index contributed by atoms with van der Waals surface area (Å²) in [6.07, 6.45) is -0.396. The molecule has 1 fully saturated rings. The van der Waals surface area contributed by atoms with Gasteiger partial charge in [0.25, 0.3) is 11.8 Å². The summed E-state index contributed by atoms with van der Waals surface area (Å²) >= 11 is 0. The van der Waals surface area contributed by atoms with Crippen molar-refractivity contribution in [3.05, 3.63) is 71.3 Å². The van der Waals surface area contributed by atoms with E-state index < -0.39 is 29.7 Å². The lowest BCUT2D eigenvalue weighted by molar-refractivity contribution is -0.142. The molecule has 0 aliphatic carbocycles. The first-order valence-electron chi connectivity index (χ1n) is 10.7. The normalized spacial score (nSPS) is 18.5. The van der Waals surface area contributed by atoms with Crippen LogP contribution in [0.2, 0.25) is 0 Å². The number of esters is 1. The summed E-state index contributed by atoms with van der Waals surface area (Å²) in [6.45, 7) is 7.64. The van der Waals surface area contributed by atoms with E-state index in [2.05, 4.69) is 5.32 Å². The van der Waals surface area contributed by atoms with Gasteiger partial charge in [0, 0.05) is 18.0 Å². The molecule has 0 radical (unpaired) electrons. The van der Waals surface area contributed by atoms with E-state index >= 15 is 0 Å². The maximum Gasteiger partial charge on any atom is 0.328 e. The molecule has 2 aromatic rings. The fraction of sp³-hybridized carbons (Fsp3) is 0.400. The third-order valence-corrected chi connectivity index (χ3v) is 5.51. The predicted octanol–water partition coefficient (Wildman–Crippen LogP) is 3.25. The maximum atomic E-state index is 12.9.